The van der Waals surface area contributed by atoms with Gasteiger partial charge in [-0.3, -0.25) is 4.79 Å². The lowest BCUT2D eigenvalue weighted by atomic mass is 10.1. The zero-order chi connectivity index (χ0) is 12.1. The molecule has 0 aromatic heterocycles. The van der Waals surface area contributed by atoms with Gasteiger partial charge in [-0.2, -0.15) is 0 Å². The molecule has 0 aliphatic heterocycles. The SMILES string of the molecule is CC#CCCC(=O)c1cc(Cl)c(N)c(Cl)c1. The monoisotopic (exact) mass is 255 g/mol. The van der Waals surface area contributed by atoms with Gasteiger partial charge in [-0.05, 0) is 19.1 Å². The van der Waals surface area contributed by atoms with Crippen molar-refractivity contribution < 1.29 is 4.79 Å². The van der Waals surface area contributed by atoms with Gasteiger partial charge in [0.05, 0.1) is 15.7 Å². The van der Waals surface area contributed by atoms with E-state index < -0.39 is 0 Å². The Labute approximate surface area is 105 Å². The maximum absolute atomic E-state index is 11.7. The van der Waals surface area contributed by atoms with E-state index in [9.17, 15) is 4.79 Å². The highest BCUT2D eigenvalue weighted by atomic mass is 35.5. The van der Waals surface area contributed by atoms with E-state index in [0.29, 0.717) is 34.1 Å². The predicted octanol–water partition coefficient (Wildman–Crippen LogP) is 3.56. The van der Waals surface area contributed by atoms with Crippen LogP contribution in [0.3, 0.4) is 0 Å². The van der Waals surface area contributed by atoms with Gasteiger partial charge in [0.25, 0.3) is 0 Å². The number of carbonyl (C=O) groups excluding carboxylic acids is 1. The van der Waals surface area contributed by atoms with Gasteiger partial charge in [0.15, 0.2) is 5.78 Å². The van der Waals surface area contributed by atoms with Crippen LogP contribution in [0.25, 0.3) is 0 Å². The van der Waals surface area contributed by atoms with Crippen LogP contribution in [0.5, 0.6) is 0 Å². The molecule has 0 saturated heterocycles. The summed E-state index contributed by atoms with van der Waals surface area (Å²) in [6.45, 7) is 1.74. The zero-order valence-corrected chi connectivity index (χ0v) is 10.3. The third-order valence-corrected chi connectivity index (χ3v) is 2.68. The van der Waals surface area contributed by atoms with Gasteiger partial charge in [0, 0.05) is 18.4 Å². The second-order valence-electron chi connectivity index (χ2n) is 3.20. The molecule has 0 fully saturated rings. The Kier molecular flexibility index (Phi) is 4.67. The van der Waals surface area contributed by atoms with Crippen molar-refractivity contribution in [2.24, 2.45) is 0 Å². The minimum atomic E-state index is -0.0356. The van der Waals surface area contributed by atoms with Crippen molar-refractivity contribution in [1.82, 2.24) is 0 Å². The van der Waals surface area contributed by atoms with Gasteiger partial charge in [-0.1, -0.05) is 23.2 Å². The number of rotatable bonds is 3. The summed E-state index contributed by atoms with van der Waals surface area (Å²) in [5.41, 5.74) is 6.35. The normalized spacial score (nSPS) is 9.44. The molecule has 0 radical (unpaired) electrons. The number of Topliss-reactive ketones (excluding diaryl/α,β-unsaturated/α-hetero) is 1. The molecule has 0 heterocycles. The average molecular weight is 256 g/mol. The summed E-state index contributed by atoms with van der Waals surface area (Å²) in [7, 11) is 0. The second kappa shape index (κ2) is 5.79. The van der Waals surface area contributed by atoms with E-state index in [1.807, 2.05) is 0 Å². The van der Waals surface area contributed by atoms with Gasteiger partial charge < -0.3 is 5.73 Å². The Morgan fingerprint density at radius 2 is 1.94 bits per heavy atom. The number of carbonyl (C=O) groups is 1. The van der Waals surface area contributed by atoms with Crippen molar-refractivity contribution in [3.05, 3.63) is 27.7 Å². The topological polar surface area (TPSA) is 43.1 Å². The van der Waals surface area contributed by atoms with Crippen LogP contribution in [-0.4, -0.2) is 5.78 Å². The minimum absolute atomic E-state index is 0.0356. The molecule has 0 bridgehead atoms. The summed E-state index contributed by atoms with van der Waals surface area (Å²) in [5.74, 6) is 5.52. The van der Waals surface area contributed by atoms with Crippen LogP contribution in [0.15, 0.2) is 12.1 Å². The molecule has 0 unspecified atom stereocenters. The maximum atomic E-state index is 11.7. The molecule has 0 aliphatic rings. The molecule has 0 atom stereocenters. The van der Waals surface area contributed by atoms with Gasteiger partial charge in [0.2, 0.25) is 0 Å². The molecule has 2 N–H and O–H groups in total. The van der Waals surface area contributed by atoms with Crippen LogP contribution in [0.2, 0.25) is 10.0 Å². The number of halogens is 2. The second-order valence-corrected chi connectivity index (χ2v) is 4.02. The highest BCUT2D eigenvalue weighted by molar-refractivity contribution is 6.39. The van der Waals surface area contributed by atoms with Crippen molar-refractivity contribution in [3.8, 4) is 11.8 Å². The van der Waals surface area contributed by atoms with Crippen LogP contribution in [-0.2, 0) is 0 Å². The largest absolute Gasteiger partial charge is 0.396 e. The van der Waals surface area contributed by atoms with Gasteiger partial charge in [-0.25, -0.2) is 0 Å². The average Bonchev–Trinajstić information content (AvgIpc) is 2.25. The number of nitrogen functional groups attached to an aromatic ring is 1. The molecule has 4 heteroatoms. The standard InChI is InChI=1S/C12H11Cl2NO/c1-2-3-4-5-11(16)8-6-9(13)12(15)10(14)7-8/h6-7H,4-5,15H2,1H3. The Morgan fingerprint density at radius 3 is 2.44 bits per heavy atom. The molecule has 16 heavy (non-hydrogen) atoms. The van der Waals surface area contributed by atoms with Crippen LogP contribution in [0, 0.1) is 11.8 Å². The lowest BCUT2D eigenvalue weighted by Gasteiger charge is -2.04. The highest BCUT2D eigenvalue weighted by Gasteiger charge is 2.10. The molecular formula is C12H11Cl2NO. The lowest BCUT2D eigenvalue weighted by Crippen LogP contribution is -2.00. The predicted molar refractivity (Wildman–Crippen MR) is 67.9 cm³/mol. The Bertz CT molecular complexity index is 449. The first-order chi connectivity index (χ1) is 7.56. The van der Waals surface area contributed by atoms with Gasteiger partial charge in [0.1, 0.15) is 0 Å². The van der Waals surface area contributed by atoms with Crippen molar-refractivity contribution in [3.63, 3.8) is 0 Å². The van der Waals surface area contributed by atoms with E-state index in [1.54, 1.807) is 6.92 Å². The van der Waals surface area contributed by atoms with Crippen molar-refractivity contribution >= 4 is 34.7 Å². The van der Waals surface area contributed by atoms with E-state index >= 15 is 0 Å². The Hall–Kier alpha value is -1.17. The summed E-state index contributed by atoms with van der Waals surface area (Å²) in [5, 5.41) is 0.606. The summed E-state index contributed by atoms with van der Waals surface area (Å²) >= 11 is 11.7. The van der Waals surface area contributed by atoms with Crippen LogP contribution in [0.4, 0.5) is 5.69 Å². The summed E-state index contributed by atoms with van der Waals surface area (Å²) < 4.78 is 0. The van der Waals surface area contributed by atoms with E-state index in [0.717, 1.165) is 0 Å². The first-order valence-corrected chi connectivity index (χ1v) is 5.49. The number of benzene rings is 1. The highest BCUT2D eigenvalue weighted by Crippen LogP contribution is 2.29. The molecule has 84 valence electrons. The fourth-order valence-electron chi connectivity index (χ4n) is 1.19. The molecule has 2 nitrogen and oxygen atoms in total. The van der Waals surface area contributed by atoms with Crippen molar-refractivity contribution in [2.75, 3.05) is 5.73 Å². The van der Waals surface area contributed by atoms with E-state index in [2.05, 4.69) is 11.8 Å². The molecule has 0 spiro atoms. The van der Waals surface area contributed by atoms with Crippen LogP contribution in [0.1, 0.15) is 30.1 Å². The molecule has 0 aliphatic carbocycles. The zero-order valence-electron chi connectivity index (χ0n) is 8.81. The lowest BCUT2D eigenvalue weighted by molar-refractivity contribution is 0.0984. The summed E-state index contributed by atoms with van der Waals surface area (Å²) in [4.78, 5) is 11.7. The molecule has 1 rings (SSSR count). The summed E-state index contributed by atoms with van der Waals surface area (Å²) in [6, 6.07) is 3.06. The van der Waals surface area contributed by atoms with E-state index in [-0.39, 0.29) is 5.78 Å². The first kappa shape index (κ1) is 12.9. The molecule has 1 aromatic carbocycles. The van der Waals surface area contributed by atoms with Crippen molar-refractivity contribution in [2.45, 2.75) is 19.8 Å². The van der Waals surface area contributed by atoms with Crippen molar-refractivity contribution in [1.29, 1.82) is 0 Å². The smallest absolute Gasteiger partial charge is 0.163 e. The Balaban J connectivity index is 2.87. The fraction of sp³-hybridized carbons (Fsp3) is 0.250. The number of nitrogens with two attached hydrogens (primary N) is 1. The number of hydrogen-bond acceptors (Lipinski definition) is 2. The minimum Gasteiger partial charge on any atom is -0.396 e. The first-order valence-electron chi connectivity index (χ1n) is 4.73. The third-order valence-electron chi connectivity index (χ3n) is 2.05. The Morgan fingerprint density at radius 1 is 1.38 bits per heavy atom. The van der Waals surface area contributed by atoms with E-state index in [1.165, 1.54) is 12.1 Å². The van der Waals surface area contributed by atoms with E-state index in [4.69, 9.17) is 28.9 Å². The number of hydrogen-bond donors (Lipinski definition) is 1. The van der Waals surface area contributed by atoms with Crippen LogP contribution < -0.4 is 5.73 Å². The summed E-state index contributed by atoms with van der Waals surface area (Å²) in [6.07, 6.45) is 0.895. The quantitative estimate of drug-likeness (QED) is 0.510. The molecule has 0 amide bonds. The third kappa shape index (κ3) is 3.16. The van der Waals surface area contributed by atoms with Crippen LogP contribution >= 0.6 is 23.2 Å². The molecular weight excluding hydrogens is 245 g/mol. The molecule has 0 saturated carbocycles. The fourth-order valence-corrected chi connectivity index (χ4v) is 1.68. The molecule has 1 aromatic rings. The number of anilines is 1. The van der Waals surface area contributed by atoms with Gasteiger partial charge >= 0.3 is 0 Å². The number of ketones is 1. The maximum Gasteiger partial charge on any atom is 0.163 e. The van der Waals surface area contributed by atoms with Gasteiger partial charge in [-0.15, -0.1) is 11.8 Å².